The van der Waals surface area contributed by atoms with Crippen molar-refractivity contribution in [2.24, 2.45) is 5.84 Å². The summed E-state index contributed by atoms with van der Waals surface area (Å²) in [5.74, 6) is 4.94. The third kappa shape index (κ3) is 5.87. The molecule has 0 aliphatic carbocycles. The van der Waals surface area contributed by atoms with Crippen LogP contribution in [-0.4, -0.2) is 24.0 Å². The molecule has 5 heteroatoms. The highest BCUT2D eigenvalue weighted by Crippen LogP contribution is 2.16. The van der Waals surface area contributed by atoms with E-state index in [9.17, 15) is 4.79 Å². The number of nitrogens with two attached hydrogens (primary N) is 1. The van der Waals surface area contributed by atoms with Gasteiger partial charge in [-0.15, -0.1) is 0 Å². The summed E-state index contributed by atoms with van der Waals surface area (Å²) in [7, 11) is 0. The molecule has 0 saturated carbocycles. The Morgan fingerprint density at radius 2 is 1.76 bits per heavy atom. The van der Waals surface area contributed by atoms with Gasteiger partial charge in [0, 0.05) is 19.3 Å². The number of hydrogen-bond acceptors (Lipinski definition) is 4. The van der Waals surface area contributed by atoms with Crippen molar-refractivity contribution in [3.63, 3.8) is 0 Å². The number of carbonyl (C=O) groups is 1. The van der Waals surface area contributed by atoms with Gasteiger partial charge in [-0.25, -0.2) is 5.84 Å². The molecule has 5 nitrogen and oxygen atoms in total. The molecule has 25 heavy (non-hydrogen) atoms. The topological polar surface area (TPSA) is 71.2 Å². The second kappa shape index (κ2) is 9.79. The molecular formula is C20H28N4O. The molecule has 2 aromatic rings. The van der Waals surface area contributed by atoms with E-state index in [1.54, 1.807) is 0 Å². The third-order valence-corrected chi connectivity index (χ3v) is 4.27. The molecule has 0 fully saturated rings. The molecule has 0 radical (unpaired) electrons. The molecule has 0 atom stereocenters. The predicted octanol–water partition coefficient (Wildman–Crippen LogP) is 2.64. The average Bonchev–Trinajstić information content (AvgIpc) is 2.65. The number of hydrazine groups is 1. The highest BCUT2D eigenvalue weighted by molar-refractivity contribution is 5.77. The van der Waals surface area contributed by atoms with E-state index in [0.717, 1.165) is 37.9 Å². The Balaban J connectivity index is 1.95. The monoisotopic (exact) mass is 340 g/mol. The van der Waals surface area contributed by atoms with Crippen molar-refractivity contribution in [2.45, 2.75) is 39.5 Å². The van der Waals surface area contributed by atoms with Crippen LogP contribution in [-0.2, 0) is 24.1 Å². The first-order valence-electron chi connectivity index (χ1n) is 8.92. The lowest BCUT2D eigenvalue weighted by Crippen LogP contribution is -2.31. The molecule has 0 aliphatic rings. The van der Waals surface area contributed by atoms with Gasteiger partial charge in [-0.1, -0.05) is 31.2 Å². The van der Waals surface area contributed by atoms with Gasteiger partial charge in [0.2, 0.25) is 5.91 Å². The smallest absolute Gasteiger partial charge is 0.238 e. The summed E-state index contributed by atoms with van der Waals surface area (Å²) in [6.07, 6.45) is 7.24. The van der Waals surface area contributed by atoms with Crippen molar-refractivity contribution in [1.29, 1.82) is 0 Å². The molecule has 0 saturated heterocycles. The number of nitrogens with zero attached hydrogens (tertiary/aromatic N) is 2. The first-order valence-corrected chi connectivity index (χ1v) is 8.92. The third-order valence-electron chi connectivity index (χ3n) is 4.27. The van der Waals surface area contributed by atoms with Crippen LogP contribution in [0.15, 0.2) is 42.7 Å². The molecular weight excluding hydrogens is 312 g/mol. The van der Waals surface area contributed by atoms with Crippen LogP contribution in [0.1, 0.15) is 37.0 Å². The van der Waals surface area contributed by atoms with E-state index in [2.05, 4.69) is 47.4 Å². The minimum absolute atomic E-state index is 0.178. The summed E-state index contributed by atoms with van der Waals surface area (Å²) in [5, 5.41) is 0. The number of aryl methyl sites for hydroxylation is 2. The zero-order chi connectivity index (χ0) is 18.1. The number of nitrogens with one attached hydrogen (secondary N) is 1. The van der Waals surface area contributed by atoms with Crippen LogP contribution >= 0.6 is 0 Å². The second-order valence-corrected chi connectivity index (χ2v) is 6.19. The van der Waals surface area contributed by atoms with Crippen molar-refractivity contribution in [1.82, 2.24) is 10.4 Å². The molecule has 0 bridgehead atoms. The van der Waals surface area contributed by atoms with Crippen LogP contribution in [0.25, 0.3) is 0 Å². The number of aromatic nitrogens is 1. The van der Waals surface area contributed by atoms with Gasteiger partial charge >= 0.3 is 0 Å². The lowest BCUT2D eigenvalue weighted by molar-refractivity contribution is -0.120. The minimum atomic E-state index is -0.178. The average molecular weight is 340 g/mol. The summed E-state index contributed by atoms with van der Waals surface area (Å²) in [6.45, 7) is 6.42. The van der Waals surface area contributed by atoms with Crippen molar-refractivity contribution in [3.8, 4) is 0 Å². The zero-order valence-corrected chi connectivity index (χ0v) is 15.2. The molecule has 0 aliphatic heterocycles. The highest BCUT2D eigenvalue weighted by atomic mass is 16.2. The Morgan fingerprint density at radius 3 is 2.40 bits per heavy atom. The summed E-state index contributed by atoms with van der Waals surface area (Å²) in [4.78, 5) is 18.0. The maximum Gasteiger partial charge on any atom is 0.238 e. The quantitative estimate of drug-likeness (QED) is 0.418. The summed E-state index contributed by atoms with van der Waals surface area (Å²) < 4.78 is 0. The van der Waals surface area contributed by atoms with Crippen molar-refractivity contribution in [2.75, 3.05) is 18.0 Å². The summed E-state index contributed by atoms with van der Waals surface area (Å²) in [5.41, 5.74) is 6.82. The van der Waals surface area contributed by atoms with Gasteiger partial charge in [-0.3, -0.25) is 15.2 Å². The SMILES string of the molecule is CCCN(CC)c1cncc(CCc2ccc(CC(=O)NN)cc2)c1. The molecule has 0 spiro atoms. The fourth-order valence-electron chi connectivity index (χ4n) is 2.87. The Morgan fingerprint density at radius 1 is 1.08 bits per heavy atom. The zero-order valence-electron chi connectivity index (χ0n) is 15.2. The number of hydrogen-bond donors (Lipinski definition) is 2. The van der Waals surface area contributed by atoms with Gasteiger partial charge < -0.3 is 4.90 Å². The highest BCUT2D eigenvalue weighted by Gasteiger charge is 2.06. The number of carbonyl (C=O) groups excluding carboxylic acids is 1. The fraction of sp³-hybridized carbons (Fsp3) is 0.400. The minimum Gasteiger partial charge on any atom is -0.371 e. The van der Waals surface area contributed by atoms with E-state index in [1.807, 2.05) is 24.5 Å². The second-order valence-electron chi connectivity index (χ2n) is 6.19. The van der Waals surface area contributed by atoms with Crippen LogP contribution in [0.2, 0.25) is 0 Å². The first-order chi connectivity index (χ1) is 12.2. The Hall–Kier alpha value is -2.40. The van der Waals surface area contributed by atoms with E-state index in [0.29, 0.717) is 6.42 Å². The predicted molar refractivity (Wildman–Crippen MR) is 102 cm³/mol. The Bertz CT molecular complexity index is 670. The molecule has 1 aromatic carbocycles. The van der Waals surface area contributed by atoms with Gasteiger partial charge in [0.25, 0.3) is 0 Å². The van der Waals surface area contributed by atoms with Gasteiger partial charge in [-0.2, -0.15) is 0 Å². The summed E-state index contributed by atoms with van der Waals surface area (Å²) in [6, 6.07) is 10.4. The molecule has 1 amide bonds. The van der Waals surface area contributed by atoms with Gasteiger partial charge in [-0.05, 0) is 48.9 Å². The van der Waals surface area contributed by atoms with Gasteiger partial charge in [0.15, 0.2) is 0 Å². The fourth-order valence-corrected chi connectivity index (χ4v) is 2.87. The Labute approximate surface area is 150 Å². The lowest BCUT2D eigenvalue weighted by Gasteiger charge is -2.22. The largest absolute Gasteiger partial charge is 0.371 e. The van der Waals surface area contributed by atoms with E-state index in [1.165, 1.54) is 16.8 Å². The lowest BCUT2D eigenvalue weighted by atomic mass is 10.0. The molecule has 134 valence electrons. The molecule has 1 aromatic heterocycles. The number of benzene rings is 1. The molecule has 2 rings (SSSR count). The van der Waals surface area contributed by atoms with E-state index in [-0.39, 0.29) is 5.91 Å². The first kappa shape index (κ1) is 18.9. The standard InChI is InChI=1S/C20H28N4O/c1-3-11-24(4-2)19-12-18(14-22-15-19)10-7-16-5-8-17(9-6-16)13-20(25)23-21/h5-6,8-9,12,14-15H,3-4,7,10-11,13,21H2,1-2H3,(H,23,25). The van der Waals surface area contributed by atoms with Crippen LogP contribution < -0.4 is 16.2 Å². The van der Waals surface area contributed by atoms with Crippen molar-refractivity contribution >= 4 is 11.6 Å². The maximum absolute atomic E-state index is 11.3. The molecule has 1 heterocycles. The Kier molecular flexibility index (Phi) is 7.41. The number of rotatable bonds is 9. The van der Waals surface area contributed by atoms with E-state index >= 15 is 0 Å². The van der Waals surface area contributed by atoms with Gasteiger partial charge in [0.05, 0.1) is 18.3 Å². The molecule has 3 N–H and O–H groups in total. The van der Waals surface area contributed by atoms with E-state index < -0.39 is 0 Å². The normalized spacial score (nSPS) is 10.5. The summed E-state index contributed by atoms with van der Waals surface area (Å²) >= 11 is 0. The molecule has 0 unspecified atom stereocenters. The van der Waals surface area contributed by atoms with Crippen LogP contribution in [0.4, 0.5) is 5.69 Å². The van der Waals surface area contributed by atoms with Crippen molar-refractivity contribution < 1.29 is 4.79 Å². The number of anilines is 1. The number of pyridine rings is 1. The van der Waals surface area contributed by atoms with Crippen LogP contribution in [0.5, 0.6) is 0 Å². The number of amides is 1. The maximum atomic E-state index is 11.3. The van der Waals surface area contributed by atoms with Crippen LogP contribution in [0.3, 0.4) is 0 Å². The van der Waals surface area contributed by atoms with Crippen molar-refractivity contribution in [3.05, 3.63) is 59.4 Å². The van der Waals surface area contributed by atoms with E-state index in [4.69, 9.17) is 5.84 Å². The van der Waals surface area contributed by atoms with Gasteiger partial charge in [0.1, 0.15) is 0 Å². The van der Waals surface area contributed by atoms with Crippen LogP contribution in [0, 0.1) is 0 Å².